The molecule has 0 radical (unpaired) electrons. The molecule has 1 fully saturated rings. The van der Waals surface area contributed by atoms with E-state index < -0.39 is 10.0 Å². The highest BCUT2D eigenvalue weighted by Gasteiger charge is 2.18. The van der Waals surface area contributed by atoms with Gasteiger partial charge in [0.25, 0.3) is 0 Å². The van der Waals surface area contributed by atoms with E-state index in [1.807, 2.05) is 37.3 Å². The van der Waals surface area contributed by atoms with Crippen LogP contribution in [0.3, 0.4) is 0 Å². The maximum atomic E-state index is 12.3. The van der Waals surface area contributed by atoms with Gasteiger partial charge < -0.3 is 5.73 Å². The van der Waals surface area contributed by atoms with Crippen molar-refractivity contribution in [3.63, 3.8) is 0 Å². The normalized spacial score (nSPS) is 15.3. The number of piperazine rings is 1. The SMILES string of the molecule is Cc1ccc(S(=O)(=O)NCCN2CCN(Cc3cccc(N)c3)CC2)cc1.Cl.Cl. The van der Waals surface area contributed by atoms with Crippen LogP contribution in [0.4, 0.5) is 5.69 Å². The van der Waals surface area contributed by atoms with E-state index in [0.29, 0.717) is 11.4 Å². The zero-order valence-electron chi connectivity index (χ0n) is 16.6. The van der Waals surface area contributed by atoms with Gasteiger partial charge in [-0.05, 0) is 36.8 Å². The molecule has 1 saturated heterocycles. The molecule has 0 saturated carbocycles. The summed E-state index contributed by atoms with van der Waals surface area (Å²) in [5.74, 6) is 0. The van der Waals surface area contributed by atoms with E-state index in [-0.39, 0.29) is 24.8 Å². The first-order valence-corrected chi connectivity index (χ1v) is 10.8. The summed E-state index contributed by atoms with van der Waals surface area (Å²) in [6.45, 7) is 7.81. The van der Waals surface area contributed by atoms with Crippen LogP contribution in [0.5, 0.6) is 0 Å². The number of nitrogens with zero attached hydrogens (tertiary/aromatic N) is 2. The minimum Gasteiger partial charge on any atom is -0.399 e. The van der Waals surface area contributed by atoms with Gasteiger partial charge >= 0.3 is 0 Å². The van der Waals surface area contributed by atoms with Crippen molar-refractivity contribution >= 4 is 40.5 Å². The molecule has 3 rings (SSSR count). The molecule has 1 heterocycles. The fourth-order valence-corrected chi connectivity index (χ4v) is 4.28. The molecule has 1 aliphatic rings. The number of sulfonamides is 1. The second-order valence-corrected chi connectivity index (χ2v) is 8.84. The van der Waals surface area contributed by atoms with E-state index in [2.05, 4.69) is 20.6 Å². The first-order valence-electron chi connectivity index (χ1n) is 9.28. The fourth-order valence-electron chi connectivity index (χ4n) is 3.26. The zero-order valence-corrected chi connectivity index (χ0v) is 19.0. The van der Waals surface area contributed by atoms with Gasteiger partial charge in [0.1, 0.15) is 0 Å². The second kappa shape index (κ2) is 11.7. The first-order chi connectivity index (χ1) is 12.9. The van der Waals surface area contributed by atoms with Crippen LogP contribution in [0.15, 0.2) is 53.4 Å². The molecule has 9 heteroatoms. The minimum absolute atomic E-state index is 0. The highest BCUT2D eigenvalue weighted by Crippen LogP contribution is 2.12. The lowest BCUT2D eigenvalue weighted by molar-refractivity contribution is 0.129. The van der Waals surface area contributed by atoms with Crippen molar-refractivity contribution in [1.82, 2.24) is 14.5 Å². The van der Waals surface area contributed by atoms with Crippen LogP contribution in [0.2, 0.25) is 0 Å². The minimum atomic E-state index is -3.43. The molecule has 2 aromatic carbocycles. The van der Waals surface area contributed by atoms with Crippen molar-refractivity contribution in [2.24, 2.45) is 0 Å². The van der Waals surface area contributed by atoms with Crippen LogP contribution in [0, 0.1) is 6.92 Å². The summed E-state index contributed by atoms with van der Waals surface area (Å²) in [5, 5.41) is 0. The maximum Gasteiger partial charge on any atom is 0.240 e. The van der Waals surface area contributed by atoms with Crippen LogP contribution < -0.4 is 10.5 Å². The van der Waals surface area contributed by atoms with Crippen molar-refractivity contribution in [3.8, 4) is 0 Å². The number of nitrogen functional groups attached to an aromatic ring is 1. The number of halogens is 2. The van der Waals surface area contributed by atoms with Gasteiger partial charge in [-0.15, -0.1) is 24.8 Å². The smallest absolute Gasteiger partial charge is 0.240 e. The summed E-state index contributed by atoms with van der Waals surface area (Å²) >= 11 is 0. The van der Waals surface area contributed by atoms with E-state index in [0.717, 1.165) is 50.5 Å². The van der Waals surface area contributed by atoms with Crippen molar-refractivity contribution in [2.75, 3.05) is 45.0 Å². The average molecular weight is 461 g/mol. The molecule has 1 aliphatic heterocycles. The Morgan fingerprint density at radius 3 is 2.21 bits per heavy atom. The highest BCUT2D eigenvalue weighted by atomic mass is 35.5. The lowest BCUT2D eigenvalue weighted by Crippen LogP contribution is -2.48. The molecule has 0 aromatic heterocycles. The van der Waals surface area contributed by atoms with Crippen LogP contribution in [0.1, 0.15) is 11.1 Å². The standard InChI is InChI=1S/C20H28N4O2S.2ClH/c1-17-5-7-20(8-6-17)27(25,26)22-9-10-23-11-13-24(14-12-23)16-18-3-2-4-19(21)15-18;;/h2-8,15,22H,9-14,16,21H2,1H3;2*1H. The first kappa shape index (κ1) is 25.7. The summed E-state index contributed by atoms with van der Waals surface area (Å²) < 4.78 is 27.3. The predicted octanol–water partition coefficient (Wildman–Crippen LogP) is 2.52. The Hall–Kier alpha value is -1.35. The van der Waals surface area contributed by atoms with E-state index in [1.165, 1.54) is 5.56 Å². The third kappa shape index (κ3) is 7.77. The summed E-state index contributed by atoms with van der Waals surface area (Å²) in [5.41, 5.74) is 8.92. The lowest BCUT2D eigenvalue weighted by atomic mass is 10.2. The van der Waals surface area contributed by atoms with Gasteiger partial charge in [-0.3, -0.25) is 9.80 Å². The molecule has 29 heavy (non-hydrogen) atoms. The quantitative estimate of drug-likeness (QED) is 0.620. The fraction of sp³-hybridized carbons (Fsp3) is 0.400. The molecule has 0 amide bonds. The van der Waals surface area contributed by atoms with Crippen LogP contribution in [0.25, 0.3) is 0 Å². The zero-order chi connectivity index (χ0) is 19.3. The Balaban J connectivity index is 0.00000210. The Morgan fingerprint density at radius 2 is 1.59 bits per heavy atom. The summed E-state index contributed by atoms with van der Waals surface area (Å²) in [4.78, 5) is 5.02. The van der Waals surface area contributed by atoms with Crippen molar-refractivity contribution in [1.29, 1.82) is 0 Å². The van der Waals surface area contributed by atoms with Gasteiger partial charge in [-0.2, -0.15) is 0 Å². The second-order valence-electron chi connectivity index (χ2n) is 7.07. The molecule has 3 N–H and O–H groups in total. The number of hydrogen-bond acceptors (Lipinski definition) is 5. The molecule has 0 spiro atoms. The molecular formula is C20H30Cl2N4O2S. The van der Waals surface area contributed by atoms with Gasteiger partial charge in [0, 0.05) is 51.5 Å². The average Bonchev–Trinajstić information content (AvgIpc) is 2.63. The third-order valence-corrected chi connectivity index (χ3v) is 6.35. The number of nitrogens with two attached hydrogens (primary N) is 1. The maximum absolute atomic E-state index is 12.3. The summed E-state index contributed by atoms with van der Waals surface area (Å²) in [6.07, 6.45) is 0. The Bertz CT molecular complexity index is 855. The van der Waals surface area contributed by atoms with Crippen LogP contribution in [-0.2, 0) is 16.6 Å². The van der Waals surface area contributed by atoms with Crippen molar-refractivity contribution in [2.45, 2.75) is 18.4 Å². The van der Waals surface area contributed by atoms with Crippen molar-refractivity contribution in [3.05, 3.63) is 59.7 Å². The molecule has 0 aliphatic carbocycles. The summed E-state index contributed by atoms with van der Waals surface area (Å²) in [6, 6.07) is 14.9. The van der Waals surface area contributed by atoms with E-state index >= 15 is 0 Å². The largest absolute Gasteiger partial charge is 0.399 e. The molecule has 0 atom stereocenters. The van der Waals surface area contributed by atoms with E-state index in [4.69, 9.17) is 5.73 Å². The molecular weight excluding hydrogens is 431 g/mol. The van der Waals surface area contributed by atoms with Gasteiger partial charge in [-0.25, -0.2) is 13.1 Å². The summed E-state index contributed by atoms with van der Waals surface area (Å²) in [7, 11) is -3.43. The molecule has 6 nitrogen and oxygen atoms in total. The number of rotatable bonds is 7. The topological polar surface area (TPSA) is 78.7 Å². The lowest BCUT2D eigenvalue weighted by Gasteiger charge is -2.34. The Kier molecular flexibility index (Phi) is 10.4. The third-order valence-electron chi connectivity index (χ3n) is 4.87. The van der Waals surface area contributed by atoms with Crippen LogP contribution >= 0.6 is 24.8 Å². The monoisotopic (exact) mass is 460 g/mol. The number of nitrogens with one attached hydrogen (secondary N) is 1. The highest BCUT2D eigenvalue weighted by molar-refractivity contribution is 7.89. The van der Waals surface area contributed by atoms with Gasteiger partial charge in [0.2, 0.25) is 10.0 Å². The van der Waals surface area contributed by atoms with Gasteiger partial charge in [-0.1, -0.05) is 29.8 Å². The molecule has 162 valence electrons. The molecule has 0 bridgehead atoms. The van der Waals surface area contributed by atoms with Crippen molar-refractivity contribution < 1.29 is 8.42 Å². The molecule has 0 unspecified atom stereocenters. The van der Waals surface area contributed by atoms with E-state index in [9.17, 15) is 8.42 Å². The number of benzene rings is 2. The number of hydrogen-bond donors (Lipinski definition) is 2. The van der Waals surface area contributed by atoms with Gasteiger partial charge in [0.15, 0.2) is 0 Å². The Labute approximate surface area is 186 Å². The van der Waals surface area contributed by atoms with Crippen LogP contribution in [-0.4, -0.2) is 57.5 Å². The number of aryl methyl sites for hydroxylation is 1. The van der Waals surface area contributed by atoms with Gasteiger partial charge in [0.05, 0.1) is 4.90 Å². The number of anilines is 1. The predicted molar refractivity (Wildman–Crippen MR) is 123 cm³/mol. The molecule has 2 aromatic rings. The van der Waals surface area contributed by atoms with E-state index in [1.54, 1.807) is 12.1 Å². The Morgan fingerprint density at radius 1 is 0.966 bits per heavy atom.